The molecule has 0 spiro atoms. The molecule has 0 amide bonds. The summed E-state index contributed by atoms with van der Waals surface area (Å²) < 4.78 is 0. The molecular weight excluding hydrogens is 248 g/mol. The Bertz CT molecular complexity index is 451. The second-order valence-corrected chi connectivity index (χ2v) is 7.15. The van der Waals surface area contributed by atoms with E-state index in [4.69, 9.17) is 4.98 Å². The van der Waals surface area contributed by atoms with E-state index in [-0.39, 0.29) is 12.0 Å². The SMILES string of the molecule is CC1CCCN(c2cc(CO)cc(C(C)(C)C)n2)CC1. The van der Waals surface area contributed by atoms with Crippen molar-refractivity contribution in [2.45, 2.75) is 59.0 Å². The van der Waals surface area contributed by atoms with E-state index in [9.17, 15) is 5.11 Å². The summed E-state index contributed by atoms with van der Waals surface area (Å²) in [5.41, 5.74) is 2.05. The Kier molecular flexibility index (Phi) is 4.69. The molecule has 1 fully saturated rings. The van der Waals surface area contributed by atoms with Gasteiger partial charge in [-0.05, 0) is 42.9 Å². The Morgan fingerprint density at radius 3 is 2.65 bits per heavy atom. The third-order valence-corrected chi connectivity index (χ3v) is 4.16. The third-order valence-electron chi connectivity index (χ3n) is 4.16. The van der Waals surface area contributed by atoms with Crippen molar-refractivity contribution in [2.75, 3.05) is 18.0 Å². The van der Waals surface area contributed by atoms with Crippen LogP contribution in [0.15, 0.2) is 12.1 Å². The Morgan fingerprint density at radius 2 is 2.00 bits per heavy atom. The summed E-state index contributed by atoms with van der Waals surface area (Å²) in [6.45, 7) is 11.1. The van der Waals surface area contributed by atoms with Crippen LogP contribution in [0.3, 0.4) is 0 Å². The molecule has 1 unspecified atom stereocenters. The zero-order valence-electron chi connectivity index (χ0n) is 13.3. The molecule has 2 heterocycles. The molecule has 1 aliphatic rings. The molecule has 0 aromatic carbocycles. The van der Waals surface area contributed by atoms with Crippen LogP contribution in [0.2, 0.25) is 0 Å². The van der Waals surface area contributed by atoms with E-state index >= 15 is 0 Å². The van der Waals surface area contributed by atoms with Crippen molar-refractivity contribution in [3.8, 4) is 0 Å². The summed E-state index contributed by atoms with van der Waals surface area (Å²) in [6.07, 6.45) is 3.77. The highest BCUT2D eigenvalue weighted by molar-refractivity contribution is 5.44. The Labute approximate surface area is 123 Å². The molecule has 20 heavy (non-hydrogen) atoms. The van der Waals surface area contributed by atoms with Crippen molar-refractivity contribution in [2.24, 2.45) is 5.92 Å². The summed E-state index contributed by atoms with van der Waals surface area (Å²) in [7, 11) is 0. The fourth-order valence-electron chi connectivity index (χ4n) is 2.70. The van der Waals surface area contributed by atoms with E-state index in [2.05, 4.69) is 32.6 Å². The molecule has 1 aliphatic heterocycles. The summed E-state index contributed by atoms with van der Waals surface area (Å²) in [5.74, 6) is 1.85. The van der Waals surface area contributed by atoms with Crippen LogP contribution in [0.25, 0.3) is 0 Å². The van der Waals surface area contributed by atoms with Gasteiger partial charge in [0.2, 0.25) is 0 Å². The van der Waals surface area contributed by atoms with Crippen LogP contribution >= 0.6 is 0 Å². The topological polar surface area (TPSA) is 36.4 Å². The lowest BCUT2D eigenvalue weighted by Gasteiger charge is -2.26. The number of hydrogen-bond acceptors (Lipinski definition) is 3. The van der Waals surface area contributed by atoms with Crippen molar-refractivity contribution in [1.82, 2.24) is 4.98 Å². The quantitative estimate of drug-likeness (QED) is 0.898. The van der Waals surface area contributed by atoms with Crippen LogP contribution in [-0.4, -0.2) is 23.2 Å². The number of pyridine rings is 1. The monoisotopic (exact) mass is 276 g/mol. The van der Waals surface area contributed by atoms with Crippen LogP contribution < -0.4 is 4.90 Å². The molecule has 1 N–H and O–H groups in total. The maximum Gasteiger partial charge on any atom is 0.129 e. The number of nitrogens with zero attached hydrogens (tertiary/aromatic N) is 2. The summed E-state index contributed by atoms with van der Waals surface area (Å²) >= 11 is 0. The average Bonchev–Trinajstić information content (AvgIpc) is 2.62. The highest BCUT2D eigenvalue weighted by Gasteiger charge is 2.20. The second kappa shape index (κ2) is 6.13. The van der Waals surface area contributed by atoms with Crippen molar-refractivity contribution in [1.29, 1.82) is 0 Å². The molecule has 0 aliphatic carbocycles. The van der Waals surface area contributed by atoms with E-state index in [1.807, 2.05) is 12.1 Å². The Hall–Kier alpha value is -1.09. The van der Waals surface area contributed by atoms with Gasteiger partial charge in [-0.15, -0.1) is 0 Å². The molecule has 1 aromatic heterocycles. The standard InChI is InChI=1S/C17H28N2O/c1-13-6-5-8-19(9-7-13)16-11-14(12-20)10-15(18-16)17(2,3)4/h10-11,13,20H,5-9,12H2,1-4H3. The number of aromatic nitrogens is 1. The minimum Gasteiger partial charge on any atom is -0.392 e. The first-order valence-electron chi connectivity index (χ1n) is 7.77. The first-order chi connectivity index (χ1) is 9.40. The molecule has 112 valence electrons. The molecule has 1 aromatic rings. The molecule has 3 heteroatoms. The van der Waals surface area contributed by atoms with Crippen LogP contribution in [0, 0.1) is 5.92 Å². The molecular formula is C17H28N2O. The Balaban J connectivity index is 2.30. The lowest BCUT2D eigenvalue weighted by atomic mass is 9.91. The number of rotatable bonds is 2. The summed E-state index contributed by atoms with van der Waals surface area (Å²) in [6, 6.07) is 4.08. The minimum absolute atomic E-state index is 0.0130. The first-order valence-corrected chi connectivity index (χ1v) is 7.77. The van der Waals surface area contributed by atoms with Crippen molar-refractivity contribution in [3.63, 3.8) is 0 Å². The highest BCUT2D eigenvalue weighted by Crippen LogP contribution is 2.27. The minimum atomic E-state index is 0.0130. The largest absolute Gasteiger partial charge is 0.392 e. The maximum atomic E-state index is 9.50. The number of aliphatic hydroxyl groups is 1. The first kappa shape index (κ1) is 15.3. The Morgan fingerprint density at radius 1 is 1.25 bits per heavy atom. The predicted molar refractivity (Wildman–Crippen MR) is 84.1 cm³/mol. The van der Waals surface area contributed by atoms with Gasteiger partial charge in [0.15, 0.2) is 0 Å². The predicted octanol–water partition coefficient (Wildman–Crippen LogP) is 3.50. The fraction of sp³-hybridized carbons (Fsp3) is 0.706. The summed E-state index contributed by atoms with van der Waals surface area (Å²) in [4.78, 5) is 7.24. The normalized spacial score (nSPS) is 20.9. The molecule has 1 atom stereocenters. The van der Waals surface area contributed by atoms with E-state index in [1.165, 1.54) is 19.3 Å². The zero-order valence-corrected chi connectivity index (χ0v) is 13.3. The zero-order chi connectivity index (χ0) is 14.8. The van der Waals surface area contributed by atoms with Gasteiger partial charge in [-0.3, -0.25) is 0 Å². The second-order valence-electron chi connectivity index (χ2n) is 7.15. The van der Waals surface area contributed by atoms with Gasteiger partial charge in [0.05, 0.1) is 6.61 Å². The fourth-order valence-corrected chi connectivity index (χ4v) is 2.70. The van der Waals surface area contributed by atoms with Gasteiger partial charge in [0, 0.05) is 24.2 Å². The molecule has 0 bridgehead atoms. The maximum absolute atomic E-state index is 9.50. The molecule has 1 saturated heterocycles. The van der Waals surface area contributed by atoms with Gasteiger partial charge in [-0.1, -0.05) is 27.7 Å². The molecule has 0 saturated carbocycles. The number of anilines is 1. The lowest BCUT2D eigenvalue weighted by molar-refractivity contribution is 0.281. The molecule has 2 rings (SSSR count). The molecule has 0 radical (unpaired) electrons. The van der Waals surface area contributed by atoms with E-state index in [1.54, 1.807) is 0 Å². The smallest absolute Gasteiger partial charge is 0.129 e. The van der Waals surface area contributed by atoms with Crippen LogP contribution in [0.4, 0.5) is 5.82 Å². The van der Waals surface area contributed by atoms with E-state index in [0.29, 0.717) is 0 Å². The molecule has 3 nitrogen and oxygen atoms in total. The number of hydrogen-bond donors (Lipinski definition) is 1. The van der Waals surface area contributed by atoms with Gasteiger partial charge in [-0.2, -0.15) is 0 Å². The van der Waals surface area contributed by atoms with E-state index < -0.39 is 0 Å². The van der Waals surface area contributed by atoms with Crippen LogP contribution in [-0.2, 0) is 12.0 Å². The lowest BCUT2D eigenvalue weighted by Crippen LogP contribution is -2.27. The summed E-state index contributed by atoms with van der Waals surface area (Å²) in [5, 5.41) is 9.50. The van der Waals surface area contributed by atoms with Gasteiger partial charge in [-0.25, -0.2) is 4.98 Å². The van der Waals surface area contributed by atoms with Gasteiger partial charge in [0.1, 0.15) is 5.82 Å². The van der Waals surface area contributed by atoms with Crippen molar-refractivity contribution in [3.05, 3.63) is 23.4 Å². The average molecular weight is 276 g/mol. The van der Waals surface area contributed by atoms with Gasteiger partial charge >= 0.3 is 0 Å². The van der Waals surface area contributed by atoms with Crippen LogP contribution in [0.5, 0.6) is 0 Å². The van der Waals surface area contributed by atoms with Crippen molar-refractivity contribution < 1.29 is 5.11 Å². The van der Waals surface area contributed by atoms with Gasteiger partial charge < -0.3 is 10.0 Å². The number of aliphatic hydroxyl groups excluding tert-OH is 1. The van der Waals surface area contributed by atoms with Gasteiger partial charge in [0.25, 0.3) is 0 Å². The van der Waals surface area contributed by atoms with Crippen molar-refractivity contribution >= 4 is 5.82 Å². The van der Waals surface area contributed by atoms with Crippen LogP contribution in [0.1, 0.15) is 58.2 Å². The van der Waals surface area contributed by atoms with E-state index in [0.717, 1.165) is 36.1 Å². The third kappa shape index (κ3) is 3.72. The highest BCUT2D eigenvalue weighted by atomic mass is 16.3.